The van der Waals surface area contributed by atoms with Gasteiger partial charge in [0, 0.05) is 5.54 Å². The van der Waals surface area contributed by atoms with E-state index in [-0.39, 0.29) is 18.1 Å². The quantitative estimate of drug-likeness (QED) is 0.884. The Hall–Kier alpha value is -0.780. The van der Waals surface area contributed by atoms with Crippen LogP contribution in [0.3, 0.4) is 0 Å². The number of aliphatic hydroxyl groups is 1. The summed E-state index contributed by atoms with van der Waals surface area (Å²) in [6.45, 7) is 1.26. The van der Waals surface area contributed by atoms with Gasteiger partial charge in [-0.25, -0.2) is 0 Å². The maximum Gasteiger partial charge on any atom is 0.417 e. The molecule has 0 aromatic heterocycles. The minimum atomic E-state index is -4.49. The van der Waals surface area contributed by atoms with E-state index < -0.39 is 17.3 Å². The van der Waals surface area contributed by atoms with E-state index in [1.54, 1.807) is 6.92 Å². The smallest absolute Gasteiger partial charge is 0.394 e. The van der Waals surface area contributed by atoms with Gasteiger partial charge in [0.15, 0.2) is 0 Å². The van der Waals surface area contributed by atoms with Crippen molar-refractivity contribution in [2.75, 3.05) is 6.61 Å². The Morgan fingerprint density at radius 2 is 1.94 bits per heavy atom. The van der Waals surface area contributed by atoms with Crippen molar-refractivity contribution in [1.82, 2.24) is 0 Å². The molecule has 0 amide bonds. The fraction of sp³-hybridized carbons (Fsp3) is 0.455. The van der Waals surface area contributed by atoms with Gasteiger partial charge < -0.3 is 10.8 Å². The van der Waals surface area contributed by atoms with E-state index in [1.807, 2.05) is 0 Å². The largest absolute Gasteiger partial charge is 0.417 e. The van der Waals surface area contributed by atoms with E-state index in [4.69, 9.17) is 22.4 Å². The van der Waals surface area contributed by atoms with Crippen molar-refractivity contribution >= 4 is 11.6 Å². The number of alkyl halides is 3. The predicted molar refractivity (Wildman–Crippen MR) is 59.8 cm³/mol. The van der Waals surface area contributed by atoms with E-state index in [2.05, 4.69) is 0 Å². The van der Waals surface area contributed by atoms with Gasteiger partial charge in [-0.3, -0.25) is 0 Å². The first kappa shape index (κ1) is 14.3. The highest BCUT2D eigenvalue weighted by Crippen LogP contribution is 2.35. The van der Waals surface area contributed by atoms with Crippen LogP contribution in [0.4, 0.5) is 13.2 Å². The van der Waals surface area contributed by atoms with Gasteiger partial charge in [-0.15, -0.1) is 0 Å². The van der Waals surface area contributed by atoms with Crippen molar-refractivity contribution in [3.05, 3.63) is 34.3 Å². The van der Waals surface area contributed by atoms with Crippen LogP contribution in [0.25, 0.3) is 0 Å². The van der Waals surface area contributed by atoms with Crippen molar-refractivity contribution in [2.24, 2.45) is 5.73 Å². The third-order valence-corrected chi connectivity index (χ3v) is 2.63. The van der Waals surface area contributed by atoms with Crippen LogP contribution in [0.1, 0.15) is 18.1 Å². The van der Waals surface area contributed by atoms with Gasteiger partial charge in [-0.1, -0.05) is 17.7 Å². The summed E-state index contributed by atoms with van der Waals surface area (Å²) in [5.74, 6) is 0. The molecule has 6 heteroatoms. The van der Waals surface area contributed by atoms with E-state index in [0.717, 1.165) is 6.07 Å². The third-order valence-electron chi connectivity index (χ3n) is 2.31. The summed E-state index contributed by atoms with van der Waals surface area (Å²) >= 11 is 5.49. The maximum absolute atomic E-state index is 12.6. The summed E-state index contributed by atoms with van der Waals surface area (Å²) in [4.78, 5) is 0. The van der Waals surface area contributed by atoms with Gasteiger partial charge in [0.1, 0.15) is 0 Å². The molecule has 1 aromatic carbocycles. The number of nitrogens with two attached hydrogens (primary N) is 1. The van der Waals surface area contributed by atoms with Gasteiger partial charge in [-0.2, -0.15) is 13.2 Å². The number of benzene rings is 1. The number of aliphatic hydroxyl groups excluding tert-OH is 1. The van der Waals surface area contributed by atoms with E-state index in [9.17, 15) is 13.2 Å². The average Bonchev–Trinajstić information content (AvgIpc) is 2.19. The fourth-order valence-corrected chi connectivity index (χ4v) is 1.65. The van der Waals surface area contributed by atoms with Crippen LogP contribution < -0.4 is 5.73 Å². The van der Waals surface area contributed by atoms with Gasteiger partial charge in [0.05, 0.1) is 17.2 Å². The average molecular weight is 268 g/mol. The van der Waals surface area contributed by atoms with Crippen molar-refractivity contribution in [1.29, 1.82) is 0 Å². The SMILES string of the molecule is CC(N)(CO)Cc1ccc(Cl)c(C(F)(F)F)c1. The number of hydrogen-bond acceptors (Lipinski definition) is 2. The lowest BCUT2D eigenvalue weighted by Gasteiger charge is -2.22. The Kier molecular flexibility index (Phi) is 4.06. The molecule has 17 heavy (non-hydrogen) atoms. The molecule has 0 saturated carbocycles. The Morgan fingerprint density at radius 3 is 2.41 bits per heavy atom. The zero-order valence-corrected chi connectivity index (χ0v) is 9.94. The maximum atomic E-state index is 12.6. The summed E-state index contributed by atoms with van der Waals surface area (Å²) in [5.41, 5.74) is 4.24. The van der Waals surface area contributed by atoms with Crippen molar-refractivity contribution < 1.29 is 18.3 Å². The molecule has 0 radical (unpaired) electrons. The highest BCUT2D eigenvalue weighted by atomic mass is 35.5. The molecule has 1 aromatic rings. The minimum Gasteiger partial charge on any atom is -0.394 e. The topological polar surface area (TPSA) is 46.2 Å². The Morgan fingerprint density at radius 1 is 1.35 bits per heavy atom. The molecule has 3 N–H and O–H groups in total. The summed E-state index contributed by atoms with van der Waals surface area (Å²) in [6.07, 6.45) is -4.35. The molecule has 1 rings (SSSR count). The Bertz CT molecular complexity index is 404. The van der Waals surface area contributed by atoms with Crippen molar-refractivity contribution in [3.8, 4) is 0 Å². The second kappa shape index (κ2) is 4.84. The molecule has 0 aliphatic carbocycles. The molecule has 0 heterocycles. The van der Waals surface area contributed by atoms with Crippen LogP contribution >= 0.6 is 11.6 Å². The minimum absolute atomic E-state index is 0.143. The monoisotopic (exact) mass is 267 g/mol. The van der Waals surface area contributed by atoms with E-state index in [0.29, 0.717) is 5.56 Å². The second-order valence-corrected chi connectivity index (χ2v) is 4.71. The van der Waals surface area contributed by atoms with Crippen molar-refractivity contribution in [2.45, 2.75) is 25.1 Å². The molecule has 2 nitrogen and oxygen atoms in total. The standard InChI is InChI=1S/C11H13ClF3NO/c1-10(16,6-17)5-7-2-3-9(12)8(4-7)11(13,14)15/h2-4,17H,5-6,16H2,1H3. The van der Waals surface area contributed by atoms with Gasteiger partial charge in [0.25, 0.3) is 0 Å². The Balaban J connectivity index is 3.06. The first-order valence-corrected chi connectivity index (χ1v) is 5.29. The lowest BCUT2D eigenvalue weighted by Crippen LogP contribution is -2.42. The van der Waals surface area contributed by atoms with Crippen LogP contribution in [0.5, 0.6) is 0 Å². The van der Waals surface area contributed by atoms with Crippen LogP contribution in [-0.4, -0.2) is 17.3 Å². The van der Waals surface area contributed by atoms with E-state index >= 15 is 0 Å². The second-order valence-electron chi connectivity index (χ2n) is 4.30. The van der Waals surface area contributed by atoms with Crippen LogP contribution in [0.15, 0.2) is 18.2 Å². The normalized spacial score (nSPS) is 15.7. The molecule has 0 saturated heterocycles. The van der Waals surface area contributed by atoms with Crippen LogP contribution in [0, 0.1) is 0 Å². The van der Waals surface area contributed by atoms with Crippen LogP contribution in [-0.2, 0) is 12.6 Å². The number of hydrogen-bond donors (Lipinski definition) is 2. The summed E-state index contributed by atoms with van der Waals surface area (Å²) in [5, 5.41) is 8.62. The van der Waals surface area contributed by atoms with Crippen LogP contribution in [0.2, 0.25) is 5.02 Å². The molecular weight excluding hydrogens is 255 g/mol. The molecular formula is C11H13ClF3NO. The molecule has 1 atom stereocenters. The Labute approximate surface area is 102 Å². The molecule has 0 aliphatic rings. The first-order valence-electron chi connectivity index (χ1n) is 4.91. The van der Waals surface area contributed by atoms with Gasteiger partial charge >= 0.3 is 6.18 Å². The van der Waals surface area contributed by atoms with E-state index in [1.165, 1.54) is 12.1 Å². The van der Waals surface area contributed by atoms with Gasteiger partial charge in [-0.05, 0) is 31.0 Å². The highest BCUT2D eigenvalue weighted by molar-refractivity contribution is 6.31. The fourth-order valence-electron chi connectivity index (χ4n) is 1.42. The number of rotatable bonds is 3. The summed E-state index contributed by atoms with van der Waals surface area (Å²) in [6, 6.07) is 3.62. The molecule has 0 spiro atoms. The molecule has 1 unspecified atom stereocenters. The molecule has 0 bridgehead atoms. The number of halogens is 4. The third kappa shape index (κ3) is 3.87. The van der Waals surface area contributed by atoms with Crippen molar-refractivity contribution in [3.63, 3.8) is 0 Å². The molecule has 0 fully saturated rings. The molecule has 0 aliphatic heterocycles. The zero-order chi connectivity index (χ0) is 13.3. The summed E-state index contributed by atoms with van der Waals surface area (Å²) < 4.78 is 37.7. The lowest BCUT2D eigenvalue weighted by molar-refractivity contribution is -0.137. The summed E-state index contributed by atoms with van der Waals surface area (Å²) in [7, 11) is 0. The molecule has 96 valence electrons. The van der Waals surface area contributed by atoms with Gasteiger partial charge in [0.2, 0.25) is 0 Å². The lowest BCUT2D eigenvalue weighted by atomic mass is 9.94. The highest BCUT2D eigenvalue weighted by Gasteiger charge is 2.33. The zero-order valence-electron chi connectivity index (χ0n) is 9.18. The first-order chi connectivity index (χ1) is 7.65. The predicted octanol–water partition coefficient (Wildman–Crippen LogP) is 2.61.